The van der Waals surface area contributed by atoms with Gasteiger partial charge in [0.2, 0.25) is 5.91 Å². The van der Waals surface area contributed by atoms with E-state index in [1.165, 1.54) is 0 Å². The van der Waals surface area contributed by atoms with Gasteiger partial charge in [0.25, 0.3) is 0 Å². The van der Waals surface area contributed by atoms with Crippen molar-refractivity contribution in [2.24, 2.45) is 5.92 Å². The molecule has 19 heavy (non-hydrogen) atoms. The Bertz CT molecular complexity index is 441. The maximum atomic E-state index is 12.2. The van der Waals surface area contributed by atoms with E-state index in [1.54, 1.807) is 6.08 Å². The maximum absolute atomic E-state index is 12.2. The van der Waals surface area contributed by atoms with Crippen LogP contribution < -0.4 is 0 Å². The molecule has 1 aliphatic heterocycles. The van der Waals surface area contributed by atoms with Crippen molar-refractivity contribution in [2.45, 2.75) is 25.8 Å². The number of hydrogen-bond acceptors (Lipinski definition) is 2. The zero-order chi connectivity index (χ0) is 13.7. The molecule has 1 aromatic carbocycles. The Labute approximate surface area is 114 Å². The van der Waals surface area contributed by atoms with Crippen molar-refractivity contribution in [3.8, 4) is 0 Å². The number of rotatable bonds is 3. The predicted octanol–water partition coefficient (Wildman–Crippen LogP) is 2.32. The summed E-state index contributed by atoms with van der Waals surface area (Å²) in [7, 11) is 0. The van der Waals surface area contributed by atoms with Crippen LogP contribution in [0.4, 0.5) is 0 Å². The number of carbonyl (C=O) groups excluding carboxylic acids is 1. The number of benzene rings is 1. The van der Waals surface area contributed by atoms with Crippen LogP contribution in [0.25, 0.3) is 6.08 Å². The Morgan fingerprint density at radius 2 is 2.11 bits per heavy atom. The van der Waals surface area contributed by atoms with E-state index < -0.39 is 0 Å². The molecule has 0 aromatic heterocycles. The summed E-state index contributed by atoms with van der Waals surface area (Å²) in [6, 6.07) is 10.1. The number of piperidine rings is 1. The van der Waals surface area contributed by atoms with Crippen molar-refractivity contribution in [1.82, 2.24) is 4.90 Å². The highest BCUT2D eigenvalue weighted by Gasteiger charge is 2.27. The molecule has 1 heterocycles. The largest absolute Gasteiger partial charge is 0.396 e. The first-order valence-electron chi connectivity index (χ1n) is 6.85. The number of hydrogen-bond donors (Lipinski definition) is 1. The highest BCUT2D eigenvalue weighted by atomic mass is 16.3. The topological polar surface area (TPSA) is 40.5 Å². The van der Waals surface area contributed by atoms with Gasteiger partial charge >= 0.3 is 0 Å². The van der Waals surface area contributed by atoms with Crippen LogP contribution in [0.1, 0.15) is 25.3 Å². The van der Waals surface area contributed by atoms with E-state index in [0.29, 0.717) is 6.54 Å². The number of carbonyl (C=O) groups is 1. The summed E-state index contributed by atoms with van der Waals surface area (Å²) in [5, 5.41) is 9.23. The second-order valence-corrected chi connectivity index (χ2v) is 5.21. The van der Waals surface area contributed by atoms with Crippen LogP contribution in [0.5, 0.6) is 0 Å². The van der Waals surface area contributed by atoms with Gasteiger partial charge in [0.05, 0.1) is 0 Å². The molecule has 1 fully saturated rings. The van der Waals surface area contributed by atoms with Crippen LogP contribution in [0, 0.1) is 5.92 Å². The third-order valence-electron chi connectivity index (χ3n) is 3.74. The lowest BCUT2D eigenvalue weighted by Crippen LogP contribution is -2.45. The molecule has 1 amide bonds. The zero-order valence-corrected chi connectivity index (χ0v) is 11.3. The molecule has 0 aliphatic carbocycles. The molecule has 1 N–H and O–H groups in total. The molecule has 102 valence electrons. The van der Waals surface area contributed by atoms with Crippen molar-refractivity contribution in [2.75, 3.05) is 13.2 Å². The molecule has 2 rings (SSSR count). The first kappa shape index (κ1) is 13.8. The van der Waals surface area contributed by atoms with Crippen LogP contribution in [-0.4, -0.2) is 35.1 Å². The van der Waals surface area contributed by atoms with Crippen LogP contribution in [0.15, 0.2) is 36.4 Å². The molecule has 0 bridgehead atoms. The Kier molecular flexibility index (Phi) is 4.74. The average Bonchev–Trinajstić information content (AvgIpc) is 2.46. The Hall–Kier alpha value is -1.61. The van der Waals surface area contributed by atoms with E-state index in [1.807, 2.05) is 41.3 Å². The Balaban J connectivity index is 2.00. The molecule has 0 radical (unpaired) electrons. The van der Waals surface area contributed by atoms with E-state index in [9.17, 15) is 9.90 Å². The Morgan fingerprint density at radius 1 is 1.37 bits per heavy atom. The molecule has 3 nitrogen and oxygen atoms in total. The highest BCUT2D eigenvalue weighted by Crippen LogP contribution is 2.21. The molecular formula is C16H21NO2. The minimum Gasteiger partial charge on any atom is -0.396 e. The van der Waals surface area contributed by atoms with Gasteiger partial charge in [-0.2, -0.15) is 0 Å². The second kappa shape index (κ2) is 6.53. The van der Waals surface area contributed by atoms with Gasteiger partial charge in [0.1, 0.15) is 0 Å². The fourth-order valence-electron chi connectivity index (χ4n) is 2.47. The van der Waals surface area contributed by atoms with E-state index in [4.69, 9.17) is 0 Å². The first-order valence-corrected chi connectivity index (χ1v) is 6.85. The van der Waals surface area contributed by atoms with Crippen LogP contribution in [0.2, 0.25) is 0 Å². The number of aliphatic hydroxyl groups is 1. The maximum Gasteiger partial charge on any atom is 0.246 e. The van der Waals surface area contributed by atoms with Crippen molar-refractivity contribution in [3.05, 3.63) is 42.0 Å². The number of likely N-dealkylation sites (tertiary alicyclic amines) is 1. The lowest BCUT2D eigenvalue weighted by atomic mass is 9.94. The van der Waals surface area contributed by atoms with Crippen molar-refractivity contribution in [3.63, 3.8) is 0 Å². The molecule has 2 atom stereocenters. The summed E-state index contributed by atoms with van der Waals surface area (Å²) in [5.41, 5.74) is 1.03. The van der Waals surface area contributed by atoms with E-state index in [-0.39, 0.29) is 24.5 Å². The predicted molar refractivity (Wildman–Crippen MR) is 76.5 cm³/mol. The van der Waals surface area contributed by atoms with Gasteiger partial charge in [-0.15, -0.1) is 0 Å². The first-order chi connectivity index (χ1) is 9.20. The standard InChI is InChI=1S/C16H21NO2/c1-13-7-8-15(12-18)11-17(13)16(19)10-9-14-5-3-2-4-6-14/h2-6,9-10,13,15,18H,7-8,11-12H2,1H3/b10-9+. The second-order valence-electron chi connectivity index (χ2n) is 5.21. The van der Waals surface area contributed by atoms with Gasteiger partial charge in [0, 0.05) is 25.3 Å². The molecule has 0 saturated carbocycles. The zero-order valence-electron chi connectivity index (χ0n) is 11.3. The fraction of sp³-hybridized carbons (Fsp3) is 0.438. The monoisotopic (exact) mass is 259 g/mol. The molecule has 0 spiro atoms. The summed E-state index contributed by atoms with van der Waals surface area (Å²) in [4.78, 5) is 14.1. The molecule has 3 heteroatoms. The summed E-state index contributed by atoms with van der Waals surface area (Å²) >= 11 is 0. The minimum atomic E-state index is 0.0366. The number of nitrogens with zero attached hydrogens (tertiary/aromatic N) is 1. The lowest BCUT2D eigenvalue weighted by Gasteiger charge is -2.36. The van der Waals surface area contributed by atoms with Gasteiger partial charge < -0.3 is 10.0 Å². The van der Waals surface area contributed by atoms with Gasteiger partial charge in [-0.3, -0.25) is 4.79 Å². The minimum absolute atomic E-state index is 0.0366. The van der Waals surface area contributed by atoms with Crippen LogP contribution in [0.3, 0.4) is 0 Å². The van der Waals surface area contributed by atoms with Crippen molar-refractivity contribution in [1.29, 1.82) is 0 Å². The average molecular weight is 259 g/mol. The summed E-state index contributed by atoms with van der Waals surface area (Å²) < 4.78 is 0. The number of aliphatic hydroxyl groups excluding tert-OH is 1. The quantitative estimate of drug-likeness (QED) is 0.846. The SMILES string of the molecule is CC1CCC(CO)CN1C(=O)/C=C/c1ccccc1. The van der Waals surface area contributed by atoms with Crippen molar-refractivity contribution >= 4 is 12.0 Å². The van der Waals surface area contributed by atoms with Crippen LogP contribution >= 0.6 is 0 Å². The fourth-order valence-corrected chi connectivity index (χ4v) is 2.47. The molecule has 2 unspecified atom stereocenters. The highest BCUT2D eigenvalue weighted by molar-refractivity contribution is 5.92. The Morgan fingerprint density at radius 3 is 2.79 bits per heavy atom. The van der Waals surface area contributed by atoms with Crippen molar-refractivity contribution < 1.29 is 9.90 Å². The van der Waals surface area contributed by atoms with E-state index >= 15 is 0 Å². The van der Waals surface area contributed by atoms with Gasteiger partial charge in [-0.1, -0.05) is 30.3 Å². The van der Waals surface area contributed by atoms with Gasteiger partial charge in [0.15, 0.2) is 0 Å². The molecule has 1 aromatic rings. The van der Waals surface area contributed by atoms with Crippen LogP contribution in [-0.2, 0) is 4.79 Å². The normalized spacial score (nSPS) is 23.8. The van der Waals surface area contributed by atoms with E-state index in [0.717, 1.165) is 18.4 Å². The third-order valence-corrected chi connectivity index (χ3v) is 3.74. The van der Waals surface area contributed by atoms with E-state index in [2.05, 4.69) is 6.92 Å². The number of amides is 1. The molecule has 1 saturated heterocycles. The summed E-state index contributed by atoms with van der Waals surface area (Å²) in [5.74, 6) is 0.264. The summed E-state index contributed by atoms with van der Waals surface area (Å²) in [6.07, 6.45) is 5.45. The molecule has 1 aliphatic rings. The van der Waals surface area contributed by atoms with Gasteiger partial charge in [-0.25, -0.2) is 0 Å². The van der Waals surface area contributed by atoms with Gasteiger partial charge in [-0.05, 0) is 37.3 Å². The molecular weight excluding hydrogens is 238 g/mol. The smallest absolute Gasteiger partial charge is 0.246 e. The summed E-state index contributed by atoms with van der Waals surface area (Å²) in [6.45, 7) is 2.90. The third kappa shape index (κ3) is 3.67. The lowest BCUT2D eigenvalue weighted by molar-refractivity contribution is -0.130.